The minimum absolute atomic E-state index is 0.0554. The molecule has 1 aliphatic rings. The number of hydrogen-bond acceptors (Lipinski definition) is 4. The quantitative estimate of drug-likeness (QED) is 0.727. The van der Waals surface area contributed by atoms with Crippen molar-refractivity contribution in [1.82, 2.24) is 19.7 Å². The Hall–Kier alpha value is -2.21. The molecule has 0 spiro atoms. The number of benzene rings is 1. The average molecular weight is 326 g/mol. The Morgan fingerprint density at radius 1 is 1.35 bits per heavy atom. The fraction of sp³-hybridized carbons (Fsp3) is 0.353. The lowest BCUT2D eigenvalue weighted by Crippen LogP contribution is -2.39. The summed E-state index contributed by atoms with van der Waals surface area (Å²) in [6, 6.07) is 7.90. The standard InChI is InChI=1S/C17H18N4OS/c1-20-10-13(9-18-20)12-5-4-8-21(11-12)17(22)16-19-14-6-2-3-7-15(14)23-16/h2-3,6-7,9-10,12H,4-5,8,11H2,1H3. The maximum Gasteiger partial charge on any atom is 0.282 e. The van der Waals surface area contributed by atoms with Crippen molar-refractivity contribution in [2.45, 2.75) is 18.8 Å². The summed E-state index contributed by atoms with van der Waals surface area (Å²) in [6.45, 7) is 1.56. The molecule has 3 heterocycles. The van der Waals surface area contributed by atoms with Crippen LogP contribution in [0.4, 0.5) is 0 Å². The van der Waals surface area contributed by atoms with Crippen LogP contribution in [0.3, 0.4) is 0 Å². The molecule has 1 aliphatic heterocycles. The Morgan fingerprint density at radius 2 is 2.22 bits per heavy atom. The van der Waals surface area contributed by atoms with Crippen LogP contribution >= 0.6 is 11.3 Å². The Labute approximate surface area is 138 Å². The number of para-hydroxylation sites is 1. The van der Waals surface area contributed by atoms with Crippen molar-refractivity contribution in [2.75, 3.05) is 13.1 Å². The van der Waals surface area contributed by atoms with E-state index in [2.05, 4.69) is 16.3 Å². The van der Waals surface area contributed by atoms with Crippen LogP contribution in [0, 0.1) is 0 Å². The highest BCUT2D eigenvalue weighted by atomic mass is 32.1. The first kappa shape index (κ1) is 14.4. The SMILES string of the molecule is Cn1cc(C2CCCN(C(=O)c3nc4ccccc4s3)C2)cn1. The summed E-state index contributed by atoms with van der Waals surface area (Å²) < 4.78 is 2.89. The van der Waals surface area contributed by atoms with Gasteiger partial charge in [0.15, 0.2) is 5.01 Å². The summed E-state index contributed by atoms with van der Waals surface area (Å²) in [5.41, 5.74) is 2.12. The van der Waals surface area contributed by atoms with Gasteiger partial charge in [0.05, 0.1) is 16.4 Å². The number of thiazole rings is 1. The summed E-state index contributed by atoms with van der Waals surface area (Å²) in [6.07, 6.45) is 6.10. The minimum Gasteiger partial charge on any atom is -0.336 e. The fourth-order valence-electron chi connectivity index (χ4n) is 3.18. The van der Waals surface area contributed by atoms with E-state index in [-0.39, 0.29) is 5.91 Å². The van der Waals surface area contributed by atoms with Gasteiger partial charge in [-0.15, -0.1) is 11.3 Å². The highest BCUT2D eigenvalue weighted by Gasteiger charge is 2.27. The van der Waals surface area contributed by atoms with Gasteiger partial charge in [-0.1, -0.05) is 12.1 Å². The molecule has 5 nitrogen and oxygen atoms in total. The van der Waals surface area contributed by atoms with Crippen LogP contribution in [0.5, 0.6) is 0 Å². The van der Waals surface area contributed by atoms with Crippen LogP contribution in [0.2, 0.25) is 0 Å². The molecule has 0 saturated carbocycles. The van der Waals surface area contributed by atoms with Crippen molar-refractivity contribution >= 4 is 27.5 Å². The molecule has 1 fully saturated rings. The summed E-state index contributed by atoms with van der Waals surface area (Å²) in [7, 11) is 1.93. The van der Waals surface area contributed by atoms with Crippen LogP contribution < -0.4 is 0 Å². The van der Waals surface area contributed by atoms with Crippen molar-refractivity contribution < 1.29 is 4.79 Å². The van der Waals surface area contributed by atoms with Gasteiger partial charge in [0.25, 0.3) is 5.91 Å². The Kier molecular flexibility index (Phi) is 3.61. The second-order valence-corrected chi connectivity index (χ2v) is 7.06. The third-order valence-corrected chi connectivity index (χ3v) is 5.41. The van der Waals surface area contributed by atoms with Gasteiger partial charge in [0.1, 0.15) is 0 Å². The molecule has 0 radical (unpaired) electrons. The first-order chi connectivity index (χ1) is 11.2. The molecule has 1 aromatic carbocycles. The lowest BCUT2D eigenvalue weighted by atomic mass is 9.93. The molecule has 1 atom stereocenters. The van der Waals surface area contributed by atoms with E-state index in [1.54, 1.807) is 0 Å². The second-order valence-electron chi connectivity index (χ2n) is 6.02. The summed E-state index contributed by atoms with van der Waals surface area (Å²) in [4.78, 5) is 19.2. The van der Waals surface area contributed by atoms with E-state index in [4.69, 9.17) is 0 Å². The minimum atomic E-state index is 0.0554. The van der Waals surface area contributed by atoms with E-state index in [1.165, 1.54) is 16.9 Å². The number of nitrogens with zero attached hydrogens (tertiary/aromatic N) is 4. The van der Waals surface area contributed by atoms with Gasteiger partial charge in [0, 0.05) is 32.3 Å². The predicted octanol–water partition coefficient (Wildman–Crippen LogP) is 3.05. The summed E-state index contributed by atoms with van der Waals surface area (Å²) in [5.74, 6) is 0.426. The molecule has 1 unspecified atom stereocenters. The summed E-state index contributed by atoms with van der Waals surface area (Å²) >= 11 is 1.48. The zero-order valence-electron chi connectivity index (χ0n) is 13.0. The lowest BCUT2D eigenvalue weighted by molar-refractivity contribution is 0.0707. The van der Waals surface area contributed by atoms with E-state index >= 15 is 0 Å². The molecule has 1 amide bonds. The Morgan fingerprint density at radius 3 is 3.00 bits per heavy atom. The number of fused-ring (bicyclic) bond motifs is 1. The van der Waals surface area contributed by atoms with Gasteiger partial charge in [-0.05, 0) is 30.5 Å². The number of aromatic nitrogens is 3. The topological polar surface area (TPSA) is 51.0 Å². The van der Waals surface area contributed by atoms with Gasteiger partial charge in [-0.2, -0.15) is 5.10 Å². The molecule has 2 aromatic heterocycles. The zero-order chi connectivity index (χ0) is 15.8. The van der Waals surface area contributed by atoms with Crippen LogP contribution in [-0.2, 0) is 7.05 Å². The number of rotatable bonds is 2. The maximum atomic E-state index is 12.8. The van der Waals surface area contributed by atoms with Gasteiger partial charge in [-0.3, -0.25) is 9.48 Å². The molecule has 3 aromatic rings. The molecular weight excluding hydrogens is 308 g/mol. The van der Waals surface area contributed by atoms with Gasteiger partial charge in [-0.25, -0.2) is 4.98 Å². The van der Waals surface area contributed by atoms with Crippen molar-refractivity contribution in [3.63, 3.8) is 0 Å². The average Bonchev–Trinajstić information content (AvgIpc) is 3.20. The number of carbonyl (C=O) groups is 1. The van der Waals surface area contributed by atoms with Crippen molar-refractivity contribution in [3.05, 3.63) is 47.2 Å². The monoisotopic (exact) mass is 326 g/mol. The number of carbonyl (C=O) groups excluding carboxylic acids is 1. The number of amides is 1. The molecule has 6 heteroatoms. The van der Waals surface area contributed by atoms with Crippen LogP contribution in [0.1, 0.15) is 34.1 Å². The molecule has 0 bridgehead atoms. The highest BCUT2D eigenvalue weighted by Crippen LogP contribution is 2.29. The molecular formula is C17H18N4OS. The maximum absolute atomic E-state index is 12.8. The zero-order valence-corrected chi connectivity index (χ0v) is 13.8. The number of piperidine rings is 1. The fourth-order valence-corrected chi connectivity index (χ4v) is 4.12. The van der Waals surface area contributed by atoms with Crippen LogP contribution in [0.15, 0.2) is 36.7 Å². The van der Waals surface area contributed by atoms with Crippen LogP contribution in [-0.4, -0.2) is 38.7 Å². The smallest absolute Gasteiger partial charge is 0.282 e. The molecule has 4 rings (SSSR count). The van der Waals surface area contributed by atoms with E-state index in [1.807, 2.05) is 47.1 Å². The van der Waals surface area contributed by atoms with E-state index in [0.717, 1.165) is 36.1 Å². The van der Waals surface area contributed by atoms with Crippen molar-refractivity contribution in [1.29, 1.82) is 0 Å². The number of hydrogen-bond donors (Lipinski definition) is 0. The van der Waals surface area contributed by atoms with Gasteiger partial charge in [0.2, 0.25) is 0 Å². The molecule has 118 valence electrons. The molecule has 0 N–H and O–H groups in total. The Bertz CT molecular complexity index is 820. The van der Waals surface area contributed by atoms with E-state index in [0.29, 0.717) is 10.9 Å². The Balaban J connectivity index is 1.55. The third-order valence-electron chi connectivity index (χ3n) is 4.38. The van der Waals surface area contributed by atoms with Crippen LogP contribution in [0.25, 0.3) is 10.2 Å². The molecule has 1 saturated heterocycles. The van der Waals surface area contributed by atoms with E-state index < -0.39 is 0 Å². The van der Waals surface area contributed by atoms with Gasteiger partial charge >= 0.3 is 0 Å². The highest BCUT2D eigenvalue weighted by molar-refractivity contribution is 7.20. The number of aryl methyl sites for hydroxylation is 1. The van der Waals surface area contributed by atoms with Crippen molar-refractivity contribution in [3.8, 4) is 0 Å². The first-order valence-electron chi connectivity index (χ1n) is 7.84. The second kappa shape index (κ2) is 5.77. The molecule has 23 heavy (non-hydrogen) atoms. The molecule has 0 aliphatic carbocycles. The lowest BCUT2D eigenvalue weighted by Gasteiger charge is -2.31. The number of likely N-dealkylation sites (tertiary alicyclic amines) is 1. The largest absolute Gasteiger partial charge is 0.336 e. The summed E-state index contributed by atoms with van der Waals surface area (Å²) in [5, 5.41) is 4.85. The van der Waals surface area contributed by atoms with Crippen molar-refractivity contribution in [2.24, 2.45) is 7.05 Å². The van der Waals surface area contributed by atoms with E-state index in [9.17, 15) is 4.79 Å². The third kappa shape index (κ3) is 2.74. The van der Waals surface area contributed by atoms with Gasteiger partial charge < -0.3 is 4.90 Å². The normalized spacial score (nSPS) is 18.5. The first-order valence-corrected chi connectivity index (χ1v) is 8.66. The predicted molar refractivity (Wildman–Crippen MR) is 90.7 cm³/mol.